The molecule has 0 radical (unpaired) electrons. The molecule has 0 N–H and O–H groups in total. The van der Waals surface area contributed by atoms with E-state index in [4.69, 9.17) is 0 Å². The van der Waals surface area contributed by atoms with Crippen molar-refractivity contribution in [3.63, 3.8) is 0 Å². The number of nitrogens with zero attached hydrogens (tertiary/aromatic N) is 1. The number of alkyl halides is 3. The van der Waals surface area contributed by atoms with Gasteiger partial charge in [0.05, 0.1) is 0 Å². The summed E-state index contributed by atoms with van der Waals surface area (Å²) < 4.78 is 38.3. The smallest absolute Gasteiger partial charge is 0.252 e. The molecule has 2 aromatic rings. The summed E-state index contributed by atoms with van der Waals surface area (Å²) in [6.07, 6.45) is -3.26. The molecule has 0 aliphatic rings. The van der Waals surface area contributed by atoms with E-state index in [-0.39, 0.29) is 0 Å². The van der Waals surface area contributed by atoms with Crippen molar-refractivity contribution in [3.8, 4) is 11.1 Å². The highest BCUT2D eigenvalue weighted by Crippen LogP contribution is 2.32. The van der Waals surface area contributed by atoms with E-state index in [9.17, 15) is 13.2 Å². The molecular weight excluding hydrogens is 295 g/mol. The number of hydrogen-bond donors (Lipinski definition) is 0. The first kappa shape index (κ1) is 12.1. The molecule has 1 heterocycles. The van der Waals surface area contributed by atoms with Gasteiger partial charge in [-0.25, -0.2) is 0 Å². The molecule has 0 aliphatic carbocycles. The summed E-state index contributed by atoms with van der Waals surface area (Å²) in [5.41, 5.74) is 0.311. The Morgan fingerprint density at radius 2 is 1.76 bits per heavy atom. The molecule has 0 spiro atoms. The minimum atomic E-state index is -4.42. The third kappa shape index (κ3) is 2.66. The molecule has 0 saturated heterocycles. The van der Waals surface area contributed by atoms with Crippen LogP contribution < -0.4 is 0 Å². The van der Waals surface area contributed by atoms with Crippen molar-refractivity contribution in [2.24, 2.45) is 0 Å². The van der Waals surface area contributed by atoms with Gasteiger partial charge >= 0.3 is 6.18 Å². The van der Waals surface area contributed by atoms with Crippen molar-refractivity contribution in [3.05, 3.63) is 52.8 Å². The van der Waals surface area contributed by atoms with E-state index in [2.05, 4.69) is 20.9 Å². The van der Waals surface area contributed by atoms with Gasteiger partial charge in [-0.05, 0) is 29.3 Å². The lowest BCUT2D eigenvalue weighted by Gasteiger charge is -2.08. The standard InChI is InChI=1S/C12H7BrF3N/c13-10-4-2-1-3-9(10)8-5-6-17-11(7-8)12(14,15)16/h1-7H. The Hall–Kier alpha value is -1.36. The van der Waals surface area contributed by atoms with E-state index < -0.39 is 11.9 Å². The number of hydrogen-bond acceptors (Lipinski definition) is 1. The molecule has 2 rings (SSSR count). The monoisotopic (exact) mass is 301 g/mol. The largest absolute Gasteiger partial charge is 0.433 e. The lowest BCUT2D eigenvalue weighted by atomic mass is 10.1. The lowest BCUT2D eigenvalue weighted by Crippen LogP contribution is -2.07. The fourth-order valence-electron chi connectivity index (χ4n) is 1.45. The average molecular weight is 302 g/mol. The SMILES string of the molecule is FC(F)(F)c1cc(-c2ccccc2Br)ccn1. The number of pyridine rings is 1. The minimum absolute atomic E-state index is 0.486. The average Bonchev–Trinajstić information content (AvgIpc) is 2.29. The quantitative estimate of drug-likeness (QED) is 0.754. The van der Waals surface area contributed by atoms with Crippen molar-refractivity contribution in [1.82, 2.24) is 4.98 Å². The van der Waals surface area contributed by atoms with Crippen molar-refractivity contribution >= 4 is 15.9 Å². The van der Waals surface area contributed by atoms with E-state index in [0.29, 0.717) is 11.1 Å². The molecule has 0 saturated carbocycles. The summed E-state index contributed by atoms with van der Waals surface area (Å²) in [6.45, 7) is 0. The van der Waals surface area contributed by atoms with Crippen molar-refractivity contribution in [1.29, 1.82) is 0 Å². The van der Waals surface area contributed by atoms with Crippen LogP contribution in [0.25, 0.3) is 11.1 Å². The summed E-state index contributed by atoms with van der Waals surface area (Å²) in [5.74, 6) is 0. The van der Waals surface area contributed by atoms with E-state index in [1.54, 1.807) is 30.3 Å². The number of halogens is 4. The van der Waals surface area contributed by atoms with Crippen LogP contribution in [0, 0.1) is 0 Å². The van der Waals surface area contributed by atoms with E-state index in [0.717, 1.165) is 16.7 Å². The second-order valence-corrected chi connectivity index (χ2v) is 4.26. The predicted octanol–water partition coefficient (Wildman–Crippen LogP) is 4.53. The summed E-state index contributed by atoms with van der Waals surface area (Å²) in [5, 5.41) is 0. The fraction of sp³-hybridized carbons (Fsp3) is 0.0833. The van der Waals surface area contributed by atoms with E-state index in [1.165, 1.54) is 0 Å². The maximum Gasteiger partial charge on any atom is 0.433 e. The van der Waals surface area contributed by atoms with Gasteiger partial charge in [0, 0.05) is 10.7 Å². The van der Waals surface area contributed by atoms with Crippen LogP contribution in [0.1, 0.15) is 5.69 Å². The Bertz CT molecular complexity index is 537. The third-order valence-electron chi connectivity index (χ3n) is 2.24. The van der Waals surface area contributed by atoms with Crippen molar-refractivity contribution in [2.45, 2.75) is 6.18 Å². The Kier molecular flexibility index (Phi) is 3.19. The highest BCUT2D eigenvalue weighted by Gasteiger charge is 2.32. The van der Waals surface area contributed by atoms with Gasteiger partial charge in [0.25, 0.3) is 0 Å². The molecule has 0 unspecified atom stereocenters. The topological polar surface area (TPSA) is 12.9 Å². The Morgan fingerprint density at radius 3 is 2.41 bits per heavy atom. The third-order valence-corrected chi connectivity index (χ3v) is 2.93. The van der Waals surface area contributed by atoms with Crippen LogP contribution in [0.4, 0.5) is 13.2 Å². The molecule has 0 amide bonds. The maximum absolute atomic E-state index is 12.5. The minimum Gasteiger partial charge on any atom is -0.252 e. The summed E-state index contributed by atoms with van der Waals surface area (Å²) in [4.78, 5) is 3.33. The molecule has 1 aromatic heterocycles. The highest BCUT2D eigenvalue weighted by atomic mass is 79.9. The molecule has 0 atom stereocenters. The molecule has 1 nitrogen and oxygen atoms in total. The number of benzene rings is 1. The molecule has 17 heavy (non-hydrogen) atoms. The Labute approximate surface area is 104 Å². The maximum atomic E-state index is 12.5. The van der Waals surface area contributed by atoms with Crippen molar-refractivity contribution in [2.75, 3.05) is 0 Å². The van der Waals surface area contributed by atoms with Crippen molar-refractivity contribution < 1.29 is 13.2 Å². The first-order valence-electron chi connectivity index (χ1n) is 4.76. The van der Waals surface area contributed by atoms with Gasteiger partial charge in [-0.15, -0.1) is 0 Å². The first-order valence-corrected chi connectivity index (χ1v) is 5.56. The summed E-state index contributed by atoms with van der Waals surface area (Å²) in [7, 11) is 0. The second kappa shape index (κ2) is 4.49. The Balaban J connectivity index is 2.51. The van der Waals surface area contributed by atoms with Gasteiger partial charge in [0.15, 0.2) is 0 Å². The van der Waals surface area contributed by atoms with Gasteiger partial charge in [0.1, 0.15) is 5.69 Å². The fourth-order valence-corrected chi connectivity index (χ4v) is 1.96. The molecule has 0 fully saturated rings. The highest BCUT2D eigenvalue weighted by molar-refractivity contribution is 9.10. The first-order chi connectivity index (χ1) is 7.98. The molecule has 88 valence electrons. The van der Waals surface area contributed by atoms with Gasteiger partial charge in [0.2, 0.25) is 0 Å². The molecule has 1 aromatic carbocycles. The van der Waals surface area contributed by atoms with Gasteiger partial charge in [-0.1, -0.05) is 34.1 Å². The van der Waals surface area contributed by atoms with Crippen LogP contribution >= 0.6 is 15.9 Å². The van der Waals surface area contributed by atoms with Gasteiger partial charge in [-0.2, -0.15) is 13.2 Å². The van der Waals surface area contributed by atoms with Crippen LogP contribution in [0.5, 0.6) is 0 Å². The molecule has 0 aliphatic heterocycles. The van der Waals surface area contributed by atoms with E-state index >= 15 is 0 Å². The summed E-state index contributed by atoms with van der Waals surface area (Å²) in [6, 6.07) is 9.70. The molecule has 0 bridgehead atoms. The number of rotatable bonds is 1. The van der Waals surface area contributed by atoms with Crippen LogP contribution in [0.15, 0.2) is 47.1 Å². The zero-order valence-corrected chi connectivity index (χ0v) is 10.1. The molecular formula is C12H7BrF3N. The second-order valence-electron chi connectivity index (χ2n) is 3.41. The van der Waals surface area contributed by atoms with Crippen LogP contribution in [0.2, 0.25) is 0 Å². The molecule has 5 heteroatoms. The van der Waals surface area contributed by atoms with Crippen LogP contribution in [-0.4, -0.2) is 4.98 Å². The number of aromatic nitrogens is 1. The van der Waals surface area contributed by atoms with Gasteiger partial charge < -0.3 is 0 Å². The van der Waals surface area contributed by atoms with Gasteiger partial charge in [-0.3, -0.25) is 4.98 Å². The lowest BCUT2D eigenvalue weighted by molar-refractivity contribution is -0.141. The summed E-state index contributed by atoms with van der Waals surface area (Å²) >= 11 is 3.31. The van der Waals surface area contributed by atoms with E-state index in [1.807, 2.05) is 0 Å². The Morgan fingerprint density at radius 1 is 1.06 bits per heavy atom. The van der Waals surface area contributed by atoms with Crippen LogP contribution in [-0.2, 0) is 6.18 Å². The normalized spacial score (nSPS) is 11.5. The zero-order valence-electron chi connectivity index (χ0n) is 8.50. The van der Waals surface area contributed by atoms with Crippen LogP contribution in [0.3, 0.4) is 0 Å². The zero-order chi connectivity index (χ0) is 12.5. The predicted molar refractivity (Wildman–Crippen MR) is 62.4 cm³/mol.